The first kappa shape index (κ1) is 17.7. The zero-order valence-corrected chi connectivity index (χ0v) is 12.5. The van der Waals surface area contributed by atoms with E-state index in [1.165, 1.54) is 0 Å². The second-order valence-electron chi connectivity index (χ2n) is 5.05. The maximum atomic E-state index is 11.6. The van der Waals surface area contributed by atoms with E-state index in [0.29, 0.717) is 25.7 Å². The smallest absolute Gasteiger partial charge is 0.320 e. The number of terminal acetylenes is 1. The minimum absolute atomic E-state index is 0.207. The van der Waals surface area contributed by atoms with Crippen LogP contribution in [0, 0.1) is 12.3 Å². The molecule has 1 aromatic rings. The summed E-state index contributed by atoms with van der Waals surface area (Å²) in [4.78, 5) is 22.1. The summed E-state index contributed by atoms with van der Waals surface area (Å²) in [5.74, 6) is 1.27. The minimum Gasteiger partial charge on any atom is -0.480 e. The summed E-state index contributed by atoms with van der Waals surface area (Å²) in [5.41, 5.74) is 7.00. The van der Waals surface area contributed by atoms with Crippen LogP contribution in [0.25, 0.3) is 0 Å². The molecule has 118 valence electrons. The fraction of sp³-hybridized carbons (Fsp3) is 0.412. The lowest BCUT2D eigenvalue weighted by Gasteiger charge is -2.07. The molecule has 0 fully saturated rings. The fourth-order valence-corrected chi connectivity index (χ4v) is 1.92. The highest BCUT2D eigenvalue weighted by molar-refractivity contribution is 5.73. The van der Waals surface area contributed by atoms with Crippen LogP contribution in [0.3, 0.4) is 0 Å². The summed E-state index contributed by atoms with van der Waals surface area (Å²) in [6, 6.07) is 6.47. The van der Waals surface area contributed by atoms with Crippen LogP contribution < -0.4 is 5.73 Å². The Bertz CT molecular complexity index is 548. The van der Waals surface area contributed by atoms with E-state index in [1.807, 2.05) is 18.2 Å². The van der Waals surface area contributed by atoms with Gasteiger partial charge in [0.2, 0.25) is 0 Å². The third-order valence-electron chi connectivity index (χ3n) is 3.21. The lowest BCUT2D eigenvalue weighted by Crippen LogP contribution is -2.29. The third-order valence-corrected chi connectivity index (χ3v) is 3.21. The molecule has 22 heavy (non-hydrogen) atoms. The van der Waals surface area contributed by atoms with E-state index < -0.39 is 12.0 Å². The molecule has 0 radical (unpaired) electrons. The van der Waals surface area contributed by atoms with E-state index in [4.69, 9.17) is 22.0 Å². The van der Waals surface area contributed by atoms with Gasteiger partial charge in [0.05, 0.1) is 0 Å². The number of aliphatic carboxylic acids is 1. The Kier molecular flexibility index (Phi) is 7.73. The number of carbonyl (C=O) groups excluding carboxylic acids is 1. The van der Waals surface area contributed by atoms with E-state index in [1.54, 1.807) is 6.07 Å². The number of benzene rings is 1. The standard InChI is InChI=1S/C17H21NO4/c1-2-13-7-6-8-14(11-13)12-22-16(19)10-5-3-4-9-15(18)17(20)21/h1,6-8,11,15H,3-5,9-10,12,18H2,(H,20,21)/t15-/m0/s1. The van der Waals surface area contributed by atoms with Crippen LogP contribution in [0.1, 0.15) is 43.2 Å². The van der Waals surface area contributed by atoms with E-state index >= 15 is 0 Å². The maximum absolute atomic E-state index is 11.6. The van der Waals surface area contributed by atoms with Crippen molar-refractivity contribution in [2.24, 2.45) is 5.73 Å². The molecule has 3 N–H and O–H groups in total. The molecule has 0 spiro atoms. The van der Waals surface area contributed by atoms with Gasteiger partial charge in [-0.25, -0.2) is 0 Å². The molecule has 1 atom stereocenters. The SMILES string of the molecule is C#Cc1cccc(COC(=O)CCCCC[C@H](N)C(=O)O)c1. The zero-order chi connectivity index (χ0) is 16.4. The molecule has 5 heteroatoms. The van der Waals surface area contributed by atoms with Gasteiger partial charge in [-0.2, -0.15) is 0 Å². The molecular weight excluding hydrogens is 282 g/mol. The Hall–Kier alpha value is -2.32. The van der Waals surface area contributed by atoms with Crippen molar-refractivity contribution in [3.05, 3.63) is 35.4 Å². The second-order valence-corrected chi connectivity index (χ2v) is 5.05. The van der Waals surface area contributed by atoms with E-state index in [9.17, 15) is 9.59 Å². The van der Waals surface area contributed by atoms with Crippen molar-refractivity contribution >= 4 is 11.9 Å². The number of carboxylic acid groups (broad SMARTS) is 1. The monoisotopic (exact) mass is 303 g/mol. The van der Waals surface area contributed by atoms with Crippen LogP contribution in [0.4, 0.5) is 0 Å². The third kappa shape index (κ3) is 6.91. The molecule has 1 rings (SSSR count). The van der Waals surface area contributed by atoms with Crippen LogP contribution in [0.5, 0.6) is 0 Å². The van der Waals surface area contributed by atoms with Crippen LogP contribution in [0.2, 0.25) is 0 Å². The Morgan fingerprint density at radius 1 is 1.32 bits per heavy atom. The summed E-state index contributed by atoms with van der Waals surface area (Å²) in [7, 11) is 0. The average molecular weight is 303 g/mol. The minimum atomic E-state index is -0.992. The van der Waals surface area contributed by atoms with Crippen LogP contribution in [-0.2, 0) is 20.9 Å². The highest BCUT2D eigenvalue weighted by atomic mass is 16.5. The summed E-state index contributed by atoms with van der Waals surface area (Å²) >= 11 is 0. The van der Waals surface area contributed by atoms with Crippen molar-refractivity contribution in [1.82, 2.24) is 0 Å². The quantitative estimate of drug-likeness (QED) is 0.414. The molecule has 1 aromatic carbocycles. The largest absolute Gasteiger partial charge is 0.480 e. The first-order valence-electron chi connectivity index (χ1n) is 7.22. The maximum Gasteiger partial charge on any atom is 0.320 e. The number of carboxylic acids is 1. The molecule has 0 unspecified atom stereocenters. The molecular formula is C17H21NO4. The molecule has 0 bridgehead atoms. The average Bonchev–Trinajstić information content (AvgIpc) is 2.52. The first-order chi connectivity index (χ1) is 10.5. The Morgan fingerprint density at radius 2 is 2.09 bits per heavy atom. The second kappa shape index (κ2) is 9.59. The molecule has 0 saturated heterocycles. The van der Waals surface area contributed by atoms with Crippen LogP contribution in [0.15, 0.2) is 24.3 Å². The van der Waals surface area contributed by atoms with Gasteiger partial charge in [-0.3, -0.25) is 9.59 Å². The first-order valence-corrected chi connectivity index (χ1v) is 7.22. The van der Waals surface area contributed by atoms with E-state index in [-0.39, 0.29) is 12.6 Å². The van der Waals surface area contributed by atoms with Crippen molar-refractivity contribution in [1.29, 1.82) is 0 Å². The summed E-state index contributed by atoms with van der Waals surface area (Å²) < 4.78 is 5.17. The van der Waals surface area contributed by atoms with Gasteiger partial charge in [-0.15, -0.1) is 6.42 Å². The summed E-state index contributed by atoms with van der Waals surface area (Å²) in [6.07, 6.45) is 8.14. The molecule has 0 heterocycles. The number of ether oxygens (including phenoxy) is 1. The van der Waals surface area contributed by atoms with Gasteiger partial charge in [0.1, 0.15) is 12.6 Å². The highest BCUT2D eigenvalue weighted by Gasteiger charge is 2.10. The van der Waals surface area contributed by atoms with Crippen molar-refractivity contribution in [2.45, 2.75) is 44.8 Å². The summed E-state index contributed by atoms with van der Waals surface area (Å²) in [5, 5.41) is 8.63. The molecule has 0 saturated carbocycles. The van der Waals surface area contributed by atoms with Crippen LogP contribution >= 0.6 is 0 Å². The molecule has 0 amide bonds. The molecule has 0 aliphatic heterocycles. The topological polar surface area (TPSA) is 89.6 Å². The highest BCUT2D eigenvalue weighted by Crippen LogP contribution is 2.09. The van der Waals surface area contributed by atoms with Gasteiger partial charge < -0.3 is 15.6 Å². The van der Waals surface area contributed by atoms with Gasteiger partial charge in [0.25, 0.3) is 0 Å². The zero-order valence-electron chi connectivity index (χ0n) is 12.5. The summed E-state index contributed by atoms with van der Waals surface area (Å²) in [6.45, 7) is 0.207. The normalized spacial score (nSPS) is 11.5. The van der Waals surface area contributed by atoms with E-state index in [2.05, 4.69) is 5.92 Å². The Morgan fingerprint density at radius 3 is 2.77 bits per heavy atom. The number of rotatable bonds is 9. The number of unbranched alkanes of at least 4 members (excludes halogenated alkanes) is 2. The predicted molar refractivity (Wildman–Crippen MR) is 82.9 cm³/mol. The lowest BCUT2D eigenvalue weighted by atomic mass is 10.1. The fourth-order valence-electron chi connectivity index (χ4n) is 1.92. The van der Waals surface area contributed by atoms with Gasteiger partial charge in [0, 0.05) is 12.0 Å². The van der Waals surface area contributed by atoms with Gasteiger partial charge in [-0.1, -0.05) is 30.9 Å². The number of hydrogen-bond donors (Lipinski definition) is 2. The Balaban J connectivity index is 2.16. The molecule has 0 aromatic heterocycles. The van der Waals surface area contributed by atoms with E-state index in [0.717, 1.165) is 17.5 Å². The number of hydrogen-bond acceptors (Lipinski definition) is 4. The molecule has 0 aliphatic carbocycles. The number of nitrogens with two attached hydrogens (primary N) is 1. The molecule has 5 nitrogen and oxygen atoms in total. The van der Waals surface area contributed by atoms with Gasteiger partial charge in [0.15, 0.2) is 0 Å². The van der Waals surface area contributed by atoms with Crippen molar-refractivity contribution in [2.75, 3.05) is 0 Å². The number of esters is 1. The van der Waals surface area contributed by atoms with Crippen LogP contribution in [-0.4, -0.2) is 23.1 Å². The van der Waals surface area contributed by atoms with Crippen molar-refractivity contribution in [3.8, 4) is 12.3 Å². The predicted octanol–water partition coefficient (Wildman–Crippen LogP) is 2.07. The van der Waals surface area contributed by atoms with Crippen molar-refractivity contribution < 1.29 is 19.4 Å². The van der Waals surface area contributed by atoms with Gasteiger partial charge >= 0.3 is 11.9 Å². The van der Waals surface area contributed by atoms with Crippen molar-refractivity contribution in [3.63, 3.8) is 0 Å². The molecule has 0 aliphatic rings. The lowest BCUT2D eigenvalue weighted by molar-refractivity contribution is -0.145. The van der Waals surface area contributed by atoms with Gasteiger partial charge in [-0.05, 0) is 30.5 Å². The Labute approximate surface area is 130 Å². The number of carbonyl (C=O) groups is 2.